The number of aromatic nitrogens is 4. The molecule has 0 saturated heterocycles. The number of nitrogens with zero attached hydrogens (tertiary/aromatic N) is 5. The van der Waals surface area contributed by atoms with E-state index in [9.17, 15) is 13.4 Å². The van der Waals surface area contributed by atoms with Gasteiger partial charge in [-0.1, -0.05) is 6.07 Å². The van der Waals surface area contributed by atoms with Crippen molar-refractivity contribution in [3.63, 3.8) is 0 Å². The molecule has 6 rings (SSSR count). The number of carbonyl (C=O) groups excluding carboxylic acids is 1. The first-order chi connectivity index (χ1) is 18.9. The monoisotopic (exact) mass is 585 g/mol. The van der Waals surface area contributed by atoms with E-state index < -0.39 is 16.8 Å². The number of benzene rings is 2. The van der Waals surface area contributed by atoms with Crippen molar-refractivity contribution < 1.29 is 13.4 Å². The zero-order valence-electron chi connectivity index (χ0n) is 21.5. The molecule has 39 heavy (non-hydrogen) atoms. The SMILES string of the molecule is CNC(=O)c1c2c(nn1C1CC(NCc3ccc4nsnc4c3)C1)CN(S(=O)c1cc(SC)ccc1F)CC2. The molecule has 0 spiro atoms. The van der Waals surface area contributed by atoms with Gasteiger partial charge in [-0.3, -0.25) is 9.48 Å². The van der Waals surface area contributed by atoms with Crippen molar-refractivity contribution in [2.75, 3.05) is 19.8 Å². The molecular weight excluding hydrogens is 558 g/mol. The van der Waals surface area contributed by atoms with E-state index >= 15 is 0 Å². The van der Waals surface area contributed by atoms with Crippen LogP contribution in [0.1, 0.15) is 46.2 Å². The maximum atomic E-state index is 14.5. The van der Waals surface area contributed by atoms with Crippen molar-refractivity contribution in [1.29, 1.82) is 0 Å². The van der Waals surface area contributed by atoms with Crippen LogP contribution in [0.15, 0.2) is 46.2 Å². The van der Waals surface area contributed by atoms with E-state index in [1.54, 1.807) is 23.5 Å². The third kappa shape index (κ3) is 5.13. The van der Waals surface area contributed by atoms with Gasteiger partial charge in [0.05, 0.1) is 34.9 Å². The van der Waals surface area contributed by atoms with Crippen LogP contribution in [0, 0.1) is 5.82 Å². The summed E-state index contributed by atoms with van der Waals surface area (Å²) in [5.41, 5.74) is 5.19. The average molecular weight is 586 g/mol. The van der Waals surface area contributed by atoms with Gasteiger partial charge >= 0.3 is 0 Å². The first-order valence-corrected chi connectivity index (χ1v) is 15.8. The highest BCUT2D eigenvalue weighted by Gasteiger charge is 2.37. The number of fused-ring (bicyclic) bond motifs is 2. The van der Waals surface area contributed by atoms with Crippen molar-refractivity contribution >= 4 is 51.4 Å². The van der Waals surface area contributed by atoms with Crippen molar-refractivity contribution in [1.82, 2.24) is 33.5 Å². The van der Waals surface area contributed by atoms with E-state index in [-0.39, 0.29) is 16.8 Å². The summed E-state index contributed by atoms with van der Waals surface area (Å²) in [7, 11) is -0.0419. The van der Waals surface area contributed by atoms with Gasteiger partial charge in [-0.25, -0.2) is 12.9 Å². The van der Waals surface area contributed by atoms with Crippen LogP contribution >= 0.6 is 23.5 Å². The molecule has 2 aromatic carbocycles. The molecule has 4 aromatic rings. The number of nitrogens with one attached hydrogen (secondary N) is 2. The smallest absolute Gasteiger partial charge is 0.269 e. The molecule has 9 nitrogen and oxygen atoms in total. The van der Waals surface area contributed by atoms with Gasteiger partial charge in [-0.2, -0.15) is 13.8 Å². The van der Waals surface area contributed by atoms with E-state index in [0.29, 0.717) is 31.2 Å². The van der Waals surface area contributed by atoms with Crippen LogP contribution in [0.25, 0.3) is 11.0 Å². The van der Waals surface area contributed by atoms with Crippen molar-refractivity contribution in [2.24, 2.45) is 0 Å². The molecule has 1 saturated carbocycles. The number of hydrogen-bond donors (Lipinski definition) is 2. The lowest BCUT2D eigenvalue weighted by Gasteiger charge is -2.37. The summed E-state index contributed by atoms with van der Waals surface area (Å²) < 4.78 is 40.0. The van der Waals surface area contributed by atoms with E-state index in [4.69, 9.17) is 5.10 Å². The van der Waals surface area contributed by atoms with Gasteiger partial charge in [0.15, 0.2) is 0 Å². The molecule has 1 amide bonds. The first-order valence-electron chi connectivity index (χ1n) is 12.7. The van der Waals surface area contributed by atoms with Crippen LogP contribution in [0.3, 0.4) is 0 Å². The number of thioether (sulfide) groups is 1. The Balaban J connectivity index is 1.15. The zero-order valence-corrected chi connectivity index (χ0v) is 24.0. The number of halogens is 1. The summed E-state index contributed by atoms with van der Waals surface area (Å²) in [5, 5.41) is 11.2. The largest absolute Gasteiger partial charge is 0.354 e. The number of carbonyl (C=O) groups is 1. The van der Waals surface area contributed by atoms with E-state index in [0.717, 1.165) is 52.1 Å². The summed E-state index contributed by atoms with van der Waals surface area (Å²) in [6.07, 6.45) is 4.14. The Labute approximate surface area is 236 Å². The van der Waals surface area contributed by atoms with Gasteiger partial charge in [0.2, 0.25) is 0 Å². The second-order valence-electron chi connectivity index (χ2n) is 9.75. The molecule has 0 radical (unpaired) electrons. The maximum Gasteiger partial charge on any atom is 0.269 e. The summed E-state index contributed by atoms with van der Waals surface area (Å²) >= 11 is 2.70. The third-order valence-corrected chi connectivity index (χ3v) is 10.2. The molecular formula is C26H28FN7O2S3. The average Bonchev–Trinajstić information content (AvgIpc) is 3.55. The number of hydrogen-bond acceptors (Lipinski definition) is 8. The third-order valence-electron chi connectivity index (χ3n) is 7.40. The molecule has 1 aliphatic heterocycles. The molecule has 1 unspecified atom stereocenters. The maximum absolute atomic E-state index is 14.5. The standard InChI is InChI=1S/C26H28FN7O2S3/c1-28-26(35)25-19-7-8-33(39(36)24-12-18(37-2)4-5-20(24)27)14-23(19)30-34(25)17-10-16(11-17)29-13-15-3-6-21-22(9-15)32-38-31-21/h3-6,9,12,16-17,29H,7-8,10-11,13-14H2,1-2H3,(H,28,35). The molecule has 2 aromatic heterocycles. The summed E-state index contributed by atoms with van der Waals surface area (Å²) in [4.78, 5) is 14.0. The minimum absolute atomic E-state index is 0.0975. The summed E-state index contributed by atoms with van der Waals surface area (Å²) in [6.45, 7) is 1.48. The molecule has 1 fully saturated rings. The second kappa shape index (κ2) is 11.0. The number of rotatable bonds is 8. The Morgan fingerprint density at radius 1 is 1.21 bits per heavy atom. The molecule has 1 atom stereocenters. The van der Waals surface area contributed by atoms with Gasteiger partial charge in [0.1, 0.15) is 33.5 Å². The second-order valence-corrected chi connectivity index (χ2v) is 12.6. The first kappa shape index (κ1) is 26.5. The topological polar surface area (TPSA) is 105 Å². The van der Waals surface area contributed by atoms with Crippen LogP contribution in [0.2, 0.25) is 0 Å². The quantitative estimate of drug-likeness (QED) is 0.304. The fourth-order valence-electron chi connectivity index (χ4n) is 5.19. The highest BCUT2D eigenvalue weighted by molar-refractivity contribution is 7.98. The molecule has 1 aliphatic carbocycles. The normalized spacial score (nSPS) is 20.0. The summed E-state index contributed by atoms with van der Waals surface area (Å²) in [5.74, 6) is -0.650. The minimum Gasteiger partial charge on any atom is -0.354 e. The van der Waals surface area contributed by atoms with Gasteiger partial charge in [-0.15, -0.1) is 11.8 Å². The van der Waals surface area contributed by atoms with Crippen molar-refractivity contribution in [2.45, 2.75) is 54.2 Å². The van der Waals surface area contributed by atoms with Gasteiger partial charge in [0.25, 0.3) is 5.91 Å². The predicted molar refractivity (Wildman–Crippen MR) is 151 cm³/mol. The Kier molecular flexibility index (Phi) is 7.51. The zero-order chi connectivity index (χ0) is 27.1. The number of amides is 1. The highest BCUT2D eigenvalue weighted by Crippen LogP contribution is 2.36. The lowest BCUT2D eigenvalue weighted by Crippen LogP contribution is -2.43. The molecule has 3 heterocycles. The van der Waals surface area contributed by atoms with Crippen molar-refractivity contribution in [3.8, 4) is 0 Å². The van der Waals surface area contributed by atoms with Crippen molar-refractivity contribution in [3.05, 3.63) is 64.7 Å². The molecule has 2 N–H and O–H groups in total. The van der Waals surface area contributed by atoms with Crippen LogP contribution in [0.5, 0.6) is 0 Å². The minimum atomic E-state index is -1.66. The molecule has 204 valence electrons. The van der Waals surface area contributed by atoms with E-state index in [1.807, 2.05) is 17.0 Å². The van der Waals surface area contributed by atoms with Crippen LogP contribution in [0.4, 0.5) is 4.39 Å². The van der Waals surface area contributed by atoms with Gasteiger partial charge in [-0.05, 0) is 61.4 Å². The fraction of sp³-hybridized carbons (Fsp3) is 0.385. The predicted octanol–water partition coefficient (Wildman–Crippen LogP) is 3.68. The Bertz CT molecular complexity index is 1570. The van der Waals surface area contributed by atoms with E-state index in [1.165, 1.54) is 29.6 Å². The van der Waals surface area contributed by atoms with Gasteiger partial charge < -0.3 is 10.6 Å². The van der Waals surface area contributed by atoms with Gasteiger partial charge in [0, 0.05) is 36.6 Å². The molecule has 2 aliphatic rings. The van der Waals surface area contributed by atoms with E-state index in [2.05, 4.69) is 31.5 Å². The van der Waals surface area contributed by atoms with Crippen LogP contribution in [-0.4, -0.2) is 58.8 Å². The fourth-order valence-corrected chi connectivity index (χ4v) is 7.46. The molecule has 0 bridgehead atoms. The lowest BCUT2D eigenvalue weighted by atomic mass is 9.86. The van der Waals surface area contributed by atoms with Crippen LogP contribution in [-0.2, 0) is 30.5 Å². The highest BCUT2D eigenvalue weighted by atomic mass is 32.2. The lowest BCUT2D eigenvalue weighted by molar-refractivity contribution is 0.0939. The Hall–Kier alpha value is -2.71. The Morgan fingerprint density at radius 3 is 2.82 bits per heavy atom. The summed E-state index contributed by atoms with van der Waals surface area (Å²) in [6, 6.07) is 11.2. The Morgan fingerprint density at radius 2 is 2.03 bits per heavy atom. The van der Waals surface area contributed by atoms with Crippen LogP contribution < -0.4 is 10.6 Å². The molecule has 13 heteroatoms.